The van der Waals surface area contributed by atoms with E-state index < -0.39 is 5.97 Å². The molecule has 3 aromatic rings. The Morgan fingerprint density at radius 3 is 2.28 bits per heavy atom. The maximum absolute atomic E-state index is 12.9. The van der Waals surface area contributed by atoms with Crippen LogP contribution in [-0.2, 0) is 9.53 Å². The van der Waals surface area contributed by atoms with Gasteiger partial charge in [-0.3, -0.25) is 4.79 Å². The Hall–Kier alpha value is -4.25. The van der Waals surface area contributed by atoms with E-state index in [4.69, 9.17) is 9.73 Å². The Morgan fingerprint density at radius 2 is 1.61 bits per heavy atom. The summed E-state index contributed by atoms with van der Waals surface area (Å²) in [5.74, 6) is -0.864. The van der Waals surface area contributed by atoms with Crippen LogP contribution in [0.5, 0.6) is 5.75 Å². The van der Waals surface area contributed by atoms with Gasteiger partial charge in [0.25, 0.3) is 0 Å². The lowest BCUT2D eigenvalue weighted by Crippen LogP contribution is -2.13. The zero-order chi connectivity index (χ0) is 25.3. The highest BCUT2D eigenvalue weighted by Gasteiger charge is 2.20. The molecule has 36 heavy (non-hydrogen) atoms. The van der Waals surface area contributed by atoms with E-state index >= 15 is 0 Å². The second-order valence-electron chi connectivity index (χ2n) is 8.82. The number of aliphatic imine (C=N–C) groups is 1. The first kappa shape index (κ1) is 24.9. The van der Waals surface area contributed by atoms with Crippen LogP contribution in [0.3, 0.4) is 0 Å². The smallest absolute Gasteiger partial charge is 0.342 e. The van der Waals surface area contributed by atoms with Crippen LogP contribution in [0.25, 0.3) is 6.08 Å². The second-order valence-corrected chi connectivity index (χ2v) is 8.82. The number of esters is 1. The standard InChI is InChI=1S/C31H29NO4/c1-22-17-18-27(33)16-10-4-9-15-25-19-26(20-28(34)29(25)31(35)36-21-22)32-30(23-11-5-2-6-12-23)24-13-7-3-8-14-24/h2-3,5-9,11-15,17-20,22,34H,4,10,16,21H2,1H3/b15-9+,18-17-/t22-/m1/s1. The number of carbonyl (C=O) groups is 2. The number of aromatic hydroxyl groups is 1. The minimum atomic E-state index is -0.613. The fourth-order valence-electron chi connectivity index (χ4n) is 3.96. The number of cyclic esters (lactones) is 1. The maximum atomic E-state index is 12.9. The molecular formula is C31H29NO4. The number of ether oxygens (including phenoxy) is 1. The van der Waals surface area contributed by atoms with Crippen molar-refractivity contribution in [1.29, 1.82) is 0 Å². The first-order chi connectivity index (χ1) is 17.5. The van der Waals surface area contributed by atoms with E-state index in [1.165, 1.54) is 6.07 Å². The number of ketones is 1. The maximum Gasteiger partial charge on any atom is 0.342 e. The fourth-order valence-corrected chi connectivity index (χ4v) is 3.96. The molecule has 0 fully saturated rings. The van der Waals surface area contributed by atoms with Gasteiger partial charge in [0.1, 0.15) is 11.3 Å². The van der Waals surface area contributed by atoms with E-state index in [9.17, 15) is 14.7 Å². The normalized spacial score (nSPS) is 18.3. The SMILES string of the molecule is C[C@@H]1/C=C\C(=O)CCC/C=C/c2cc(N=C(c3ccccc3)c3ccccc3)cc(O)c2C(=O)OC1. The summed E-state index contributed by atoms with van der Waals surface area (Å²) >= 11 is 0. The number of hydrogen-bond donors (Lipinski definition) is 1. The largest absolute Gasteiger partial charge is 0.507 e. The van der Waals surface area contributed by atoms with Crippen LogP contribution in [-0.4, -0.2) is 29.2 Å². The van der Waals surface area contributed by atoms with Gasteiger partial charge in [-0.1, -0.05) is 85.8 Å². The highest BCUT2D eigenvalue weighted by molar-refractivity contribution is 6.14. The van der Waals surface area contributed by atoms with E-state index in [1.54, 1.807) is 24.3 Å². The molecule has 0 aliphatic carbocycles. The van der Waals surface area contributed by atoms with Crippen molar-refractivity contribution < 1.29 is 19.4 Å². The summed E-state index contributed by atoms with van der Waals surface area (Å²) in [5.41, 5.74) is 3.76. The Morgan fingerprint density at radius 1 is 0.944 bits per heavy atom. The molecule has 0 aromatic heterocycles. The highest BCUT2D eigenvalue weighted by Crippen LogP contribution is 2.31. The molecule has 0 spiro atoms. The number of rotatable bonds is 3. The molecule has 0 radical (unpaired) electrons. The first-order valence-electron chi connectivity index (χ1n) is 12.1. The molecule has 3 aromatic carbocycles. The molecule has 0 amide bonds. The monoisotopic (exact) mass is 479 g/mol. The van der Waals surface area contributed by atoms with Gasteiger partial charge in [0.2, 0.25) is 0 Å². The molecule has 5 heteroatoms. The third kappa shape index (κ3) is 6.45. The first-order valence-corrected chi connectivity index (χ1v) is 12.1. The minimum Gasteiger partial charge on any atom is -0.507 e. The Labute approximate surface area is 211 Å². The number of allylic oxidation sites excluding steroid dienone is 2. The molecule has 0 saturated heterocycles. The molecule has 1 aliphatic rings. The van der Waals surface area contributed by atoms with Crippen molar-refractivity contribution in [2.45, 2.75) is 26.2 Å². The number of nitrogens with zero attached hydrogens (tertiary/aromatic N) is 1. The summed E-state index contributed by atoms with van der Waals surface area (Å²) in [6.45, 7) is 1.98. The average molecular weight is 480 g/mol. The van der Waals surface area contributed by atoms with E-state index in [0.717, 1.165) is 16.8 Å². The summed E-state index contributed by atoms with van der Waals surface area (Å²) in [4.78, 5) is 29.8. The van der Waals surface area contributed by atoms with Crippen molar-refractivity contribution in [3.8, 4) is 5.75 Å². The van der Waals surface area contributed by atoms with E-state index in [0.29, 0.717) is 30.5 Å². The van der Waals surface area contributed by atoms with Crippen LogP contribution < -0.4 is 0 Å². The number of hydrogen-bond acceptors (Lipinski definition) is 5. The summed E-state index contributed by atoms with van der Waals surface area (Å²) in [5, 5.41) is 10.9. The molecule has 0 saturated carbocycles. The molecular weight excluding hydrogens is 450 g/mol. The second kappa shape index (κ2) is 11.9. The lowest BCUT2D eigenvalue weighted by atomic mass is 10.0. The number of phenols is 1. The number of benzene rings is 3. The summed E-state index contributed by atoms with van der Waals surface area (Å²) in [6, 6.07) is 22.9. The molecule has 1 heterocycles. The van der Waals surface area contributed by atoms with Gasteiger partial charge in [0.15, 0.2) is 5.78 Å². The molecule has 1 N–H and O–H groups in total. The summed E-state index contributed by atoms with van der Waals surface area (Å²) in [6.07, 6.45) is 8.81. The number of carbonyl (C=O) groups excluding carboxylic acids is 2. The van der Waals surface area contributed by atoms with Crippen LogP contribution in [0.4, 0.5) is 5.69 Å². The van der Waals surface area contributed by atoms with Gasteiger partial charge in [-0.2, -0.15) is 0 Å². The summed E-state index contributed by atoms with van der Waals surface area (Å²) < 4.78 is 5.47. The quantitative estimate of drug-likeness (QED) is 0.336. The van der Waals surface area contributed by atoms with Crippen LogP contribution >= 0.6 is 0 Å². The van der Waals surface area contributed by atoms with Gasteiger partial charge >= 0.3 is 5.97 Å². The molecule has 1 atom stereocenters. The molecule has 4 rings (SSSR count). The number of phenolic OH excluding ortho intramolecular Hbond substituents is 1. The van der Waals surface area contributed by atoms with Gasteiger partial charge in [0.05, 0.1) is 18.0 Å². The predicted molar refractivity (Wildman–Crippen MR) is 143 cm³/mol. The zero-order valence-corrected chi connectivity index (χ0v) is 20.3. The van der Waals surface area contributed by atoms with Crippen LogP contribution in [0.2, 0.25) is 0 Å². The van der Waals surface area contributed by atoms with Crippen LogP contribution in [0.15, 0.2) is 96.0 Å². The van der Waals surface area contributed by atoms with Crippen LogP contribution in [0.1, 0.15) is 53.2 Å². The lowest BCUT2D eigenvalue weighted by molar-refractivity contribution is -0.114. The van der Waals surface area contributed by atoms with Gasteiger partial charge < -0.3 is 9.84 Å². The Balaban J connectivity index is 1.77. The van der Waals surface area contributed by atoms with Crippen molar-refractivity contribution in [3.05, 3.63) is 113 Å². The lowest BCUT2D eigenvalue weighted by Gasteiger charge is -2.13. The van der Waals surface area contributed by atoms with Gasteiger partial charge in [0, 0.05) is 29.5 Å². The van der Waals surface area contributed by atoms with E-state index in [1.807, 2.05) is 73.7 Å². The summed E-state index contributed by atoms with van der Waals surface area (Å²) in [7, 11) is 0. The third-order valence-electron chi connectivity index (χ3n) is 5.85. The molecule has 0 unspecified atom stereocenters. The van der Waals surface area contributed by atoms with Gasteiger partial charge in [-0.25, -0.2) is 9.79 Å². The van der Waals surface area contributed by atoms with Crippen molar-refractivity contribution in [1.82, 2.24) is 0 Å². The zero-order valence-electron chi connectivity index (χ0n) is 20.3. The molecule has 1 aliphatic heterocycles. The van der Waals surface area contributed by atoms with Crippen molar-refractivity contribution in [2.75, 3.05) is 6.61 Å². The highest BCUT2D eigenvalue weighted by atomic mass is 16.5. The molecule has 182 valence electrons. The van der Waals surface area contributed by atoms with Gasteiger partial charge in [-0.05, 0) is 30.5 Å². The average Bonchev–Trinajstić information content (AvgIpc) is 2.89. The van der Waals surface area contributed by atoms with Crippen molar-refractivity contribution in [2.24, 2.45) is 10.9 Å². The van der Waals surface area contributed by atoms with Crippen LogP contribution in [0, 0.1) is 5.92 Å². The van der Waals surface area contributed by atoms with Crippen molar-refractivity contribution >= 4 is 29.2 Å². The Bertz CT molecular complexity index is 1270. The number of fused-ring (bicyclic) bond motifs is 1. The van der Waals surface area contributed by atoms with E-state index in [2.05, 4.69) is 0 Å². The third-order valence-corrected chi connectivity index (χ3v) is 5.85. The Kier molecular flexibility index (Phi) is 8.24. The fraction of sp³-hybridized carbons (Fsp3) is 0.194. The van der Waals surface area contributed by atoms with E-state index in [-0.39, 0.29) is 29.6 Å². The topological polar surface area (TPSA) is 76.0 Å². The van der Waals surface area contributed by atoms with Crippen molar-refractivity contribution in [3.63, 3.8) is 0 Å². The predicted octanol–water partition coefficient (Wildman–Crippen LogP) is 6.68. The molecule has 5 nitrogen and oxygen atoms in total. The molecule has 0 bridgehead atoms. The van der Waals surface area contributed by atoms with Gasteiger partial charge in [-0.15, -0.1) is 0 Å². The minimum absolute atomic E-state index is 0.0580.